The van der Waals surface area contributed by atoms with Crippen molar-refractivity contribution >= 4 is 17.6 Å². The molecular weight excluding hydrogens is 364 g/mol. The third-order valence-electron chi connectivity index (χ3n) is 4.54. The number of hydrogen-bond donors (Lipinski definition) is 2. The number of carbonyl (C=O) groups excluding carboxylic acids is 2. The second-order valence-corrected chi connectivity index (χ2v) is 6.47. The molecule has 1 aliphatic heterocycles. The van der Waals surface area contributed by atoms with E-state index in [1.54, 1.807) is 30.5 Å². The van der Waals surface area contributed by atoms with Crippen LogP contribution in [0.3, 0.4) is 0 Å². The van der Waals surface area contributed by atoms with Gasteiger partial charge >= 0.3 is 0 Å². The molecule has 0 fully saturated rings. The van der Waals surface area contributed by atoms with Crippen molar-refractivity contribution in [1.29, 1.82) is 0 Å². The number of rotatable bonds is 3. The number of carbonyl (C=O) groups is 2. The number of benzene rings is 2. The van der Waals surface area contributed by atoms with Crippen molar-refractivity contribution in [2.24, 2.45) is 0 Å². The molecule has 0 saturated carbocycles. The fourth-order valence-electron chi connectivity index (χ4n) is 3.27. The van der Waals surface area contributed by atoms with Crippen LogP contribution in [0.25, 0.3) is 22.3 Å². The van der Waals surface area contributed by atoms with E-state index in [1.165, 1.54) is 19.1 Å². The van der Waals surface area contributed by atoms with Gasteiger partial charge in [0.25, 0.3) is 5.91 Å². The maximum atomic E-state index is 14.3. The summed E-state index contributed by atoms with van der Waals surface area (Å²) >= 11 is 0. The number of nitrogens with one attached hydrogen (secondary N) is 2. The predicted molar refractivity (Wildman–Crippen MR) is 100 cm³/mol. The Hall–Kier alpha value is -3.61. The van der Waals surface area contributed by atoms with Gasteiger partial charge in [-0.25, -0.2) is 13.8 Å². The second kappa shape index (κ2) is 6.84. The smallest absolute Gasteiger partial charge is 0.251 e. The van der Waals surface area contributed by atoms with Crippen LogP contribution in [0.15, 0.2) is 48.7 Å². The molecule has 7 heteroatoms. The third-order valence-corrected chi connectivity index (χ3v) is 4.54. The highest BCUT2D eigenvalue weighted by molar-refractivity contribution is 6.02. The van der Waals surface area contributed by atoms with Crippen molar-refractivity contribution in [2.75, 3.05) is 5.32 Å². The van der Waals surface area contributed by atoms with E-state index in [4.69, 9.17) is 0 Å². The molecule has 2 aromatic carbocycles. The average Bonchev–Trinajstić information content (AvgIpc) is 3.02. The first-order valence-corrected chi connectivity index (χ1v) is 8.57. The lowest BCUT2D eigenvalue weighted by Gasteiger charge is -2.12. The summed E-state index contributed by atoms with van der Waals surface area (Å²) in [4.78, 5) is 27.6. The van der Waals surface area contributed by atoms with Gasteiger partial charge in [0, 0.05) is 42.4 Å². The van der Waals surface area contributed by atoms with Gasteiger partial charge in [0.1, 0.15) is 17.5 Å². The molecule has 0 saturated heterocycles. The van der Waals surface area contributed by atoms with E-state index in [0.717, 1.165) is 17.2 Å². The molecule has 1 aliphatic rings. The molecule has 3 aromatic rings. The Balaban J connectivity index is 1.85. The van der Waals surface area contributed by atoms with E-state index in [0.29, 0.717) is 29.1 Å². The van der Waals surface area contributed by atoms with Gasteiger partial charge < -0.3 is 10.6 Å². The number of fused-ring (bicyclic) bond motifs is 1. The molecule has 0 radical (unpaired) electrons. The summed E-state index contributed by atoms with van der Waals surface area (Å²) in [5, 5.41) is 5.36. The average molecular weight is 379 g/mol. The fourth-order valence-corrected chi connectivity index (χ4v) is 3.27. The summed E-state index contributed by atoms with van der Waals surface area (Å²) in [5.74, 6) is -1.45. The Morgan fingerprint density at radius 1 is 1.04 bits per heavy atom. The first-order chi connectivity index (χ1) is 13.4. The zero-order valence-corrected chi connectivity index (χ0v) is 14.8. The Morgan fingerprint density at radius 3 is 2.50 bits per heavy atom. The lowest BCUT2D eigenvalue weighted by molar-refractivity contribution is -0.114. The van der Waals surface area contributed by atoms with Crippen LogP contribution in [0.1, 0.15) is 22.8 Å². The van der Waals surface area contributed by atoms with Gasteiger partial charge in [-0.05, 0) is 53.1 Å². The number of pyridine rings is 1. The van der Waals surface area contributed by atoms with Gasteiger partial charge in [0.15, 0.2) is 0 Å². The number of nitrogens with zero attached hydrogens (tertiary/aromatic N) is 1. The Kier molecular flexibility index (Phi) is 4.35. The van der Waals surface area contributed by atoms with Crippen LogP contribution < -0.4 is 10.6 Å². The highest BCUT2D eigenvalue weighted by Crippen LogP contribution is 2.35. The molecule has 1 aromatic heterocycles. The Labute approximate surface area is 159 Å². The summed E-state index contributed by atoms with van der Waals surface area (Å²) in [6.45, 7) is 1.74. The van der Waals surface area contributed by atoms with E-state index in [9.17, 15) is 18.4 Å². The van der Waals surface area contributed by atoms with Crippen LogP contribution in [-0.4, -0.2) is 16.8 Å². The molecule has 0 aliphatic carbocycles. The third kappa shape index (κ3) is 3.22. The van der Waals surface area contributed by atoms with Crippen LogP contribution in [0.5, 0.6) is 0 Å². The first-order valence-electron chi connectivity index (χ1n) is 8.57. The zero-order valence-electron chi connectivity index (χ0n) is 14.8. The molecule has 140 valence electrons. The summed E-state index contributed by atoms with van der Waals surface area (Å²) in [6, 6.07) is 10.1. The molecular formula is C21H15F2N3O2. The molecule has 0 atom stereocenters. The lowest BCUT2D eigenvalue weighted by atomic mass is 9.92. The molecule has 0 bridgehead atoms. The molecule has 5 nitrogen and oxygen atoms in total. The van der Waals surface area contributed by atoms with E-state index in [1.807, 2.05) is 0 Å². The Bertz CT molecular complexity index is 1110. The van der Waals surface area contributed by atoms with E-state index in [-0.39, 0.29) is 17.4 Å². The van der Waals surface area contributed by atoms with Crippen LogP contribution in [-0.2, 0) is 11.3 Å². The van der Waals surface area contributed by atoms with Gasteiger partial charge in [0.05, 0.1) is 0 Å². The Morgan fingerprint density at radius 2 is 1.82 bits per heavy atom. The van der Waals surface area contributed by atoms with Crippen molar-refractivity contribution in [3.63, 3.8) is 0 Å². The molecule has 2 N–H and O–H groups in total. The van der Waals surface area contributed by atoms with Crippen LogP contribution in [0.4, 0.5) is 14.6 Å². The highest BCUT2D eigenvalue weighted by Gasteiger charge is 2.24. The summed E-state index contributed by atoms with van der Waals surface area (Å²) in [6.07, 6.45) is 1.58. The summed E-state index contributed by atoms with van der Waals surface area (Å²) in [7, 11) is 0. The molecule has 0 spiro atoms. The topological polar surface area (TPSA) is 71.1 Å². The van der Waals surface area contributed by atoms with E-state index in [2.05, 4.69) is 15.6 Å². The maximum Gasteiger partial charge on any atom is 0.251 e. The standard InChI is InChI=1S/C21H15F2N3O2/c1-11(27)26-20-5-2-12(9-24-20)16-6-13(7-17-18(16)10-25-21(17)28)15-4-3-14(22)8-19(15)23/h2-9H,10H2,1H3,(H,25,28)(H,24,26,27). The van der Waals surface area contributed by atoms with Crippen molar-refractivity contribution in [2.45, 2.75) is 13.5 Å². The molecule has 4 rings (SSSR count). The minimum absolute atomic E-state index is 0.202. The normalized spacial score (nSPS) is 12.5. The number of amides is 2. The van der Waals surface area contributed by atoms with Crippen LogP contribution >= 0.6 is 0 Å². The quantitative estimate of drug-likeness (QED) is 0.725. The minimum atomic E-state index is -0.705. The molecule has 0 unspecified atom stereocenters. The van der Waals surface area contributed by atoms with Gasteiger partial charge in [0.2, 0.25) is 5.91 Å². The van der Waals surface area contributed by atoms with E-state index >= 15 is 0 Å². The predicted octanol–water partition coefficient (Wildman–Crippen LogP) is 3.90. The summed E-state index contributed by atoms with van der Waals surface area (Å²) < 4.78 is 27.6. The number of halogens is 2. The molecule has 28 heavy (non-hydrogen) atoms. The second-order valence-electron chi connectivity index (χ2n) is 6.47. The number of hydrogen-bond acceptors (Lipinski definition) is 3. The van der Waals surface area contributed by atoms with Crippen molar-refractivity contribution < 1.29 is 18.4 Å². The fraction of sp³-hybridized carbons (Fsp3) is 0.0952. The molecule has 2 heterocycles. The van der Waals surface area contributed by atoms with Crippen molar-refractivity contribution in [3.05, 3.63) is 71.4 Å². The van der Waals surface area contributed by atoms with Crippen LogP contribution in [0.2, 0.25) is 0 Å². The van der Waals surface area contributed by atoms with Crippen molar-refractivity contribution in [3.8, 4) is 22.3 Å². The van der Waals surface area contributed by atoms with Gasteiger partial charge in [-0.15, -0.1) is 0 Å². The number of aromatic nitrogens is 1. The van der Waals surface area contributed by atoms with E-state index < -0.39 is 11.6 Å². The monoisotopic (exact) mass is 379 g/mol. The lowest BCUT2D eigenvalue weighted by Crippen LogP contribution is -2.12. The van der Waals surface area contributed by atoms with Gasteiger partial charge in [-0.1, -0.05) is 0 Å². The van der Waals surface area contributed by atoms with Gasteiger partial charge in [-0.2, -0.15) is 0 Å². The molecule has 2 amide bonds. The number of anilines is 1. The van der Waals surface area contributed by atoms with Crippen LogP contribution in [0, 0.1) is 11.6 Å². The maximum absolute atomic E-state index is 14.3. The zero-order chi connectivity index (χ0) is 19.8. The highest BCUT2D eigenvalue weighted by atomic mass is 19.1. The van der Waals surface area contributed by atoms with Gasteiger partial charge in [-0.3, -0.25) is 9.59 Å². The SMILES string of the molecule is CC(=O)Nc1ccc(-c2cc(-c3ccc(F)cc3F)cc3c2CNC3=O)cn1. The summed E-state index contributed by atoms with van der Waals surface area (Å²) in [5.41, 5.74) is 3.33. The minimum Gasteiger partial charge on any atom is -0.348 e. The van der Waals surface area contributed by atoms with Crippen molar-refractivity contribution in [1.82, 2.24) is 10.3 Å². The largest absolute Gasteiger partial charge is 0.348 e. The first kappa shape index (κ1) is 17.8.